The molecular weight excluding hydrogens is 307 g/mol. The quantitative estimate of drug-likeness (QED) is 0.885. The molecule has 0 fully saturated rings. The third kappa shape index (κ3) is 4.41. The molecule has 0 aliphatic carbocycles. The van der Waals surface area contributed by atoms with Crippen LogP contribution in [0, 0.1) is 5.82 Å². The second-order valence-electron chi connectivity index (χ2n) is 5.53. The van der Waals surface area contributed by atoms with E-state index in [1.165, 1.54) is 25.1 Å². The van der Waals surface area contributed by atoms with Crippen molar-refractivity contribution in [1.29, 1.82) is 0 Å². The van der Waals surface area contributed by atoms with Gasteiger partial charge in [-0.15, -0.1) is 0 Å². The summed E-state index contributed by atoms with van der Waals surface area (Å²) in [6.45, 7) is 4.04. The normalized spacial score (nSPS) is 11.6. The molecule has 2 aromatic carbocycles. The van der Waals surface area contributed by atoms with Gasteiger partial charge in [0.1, 0.15) is 5.82 Å². The molecular formula is C19H21FN2O2. The SMILES string of the molecule is CC(=O)N(CCNC(=O)c1ccccc1F)C(C)c1ccccc1. The summed E-state index contributed by atoms with van der Waals surface area (Å²) >= 11 is 0. The van der Waals surface area contributed by atoms with Crippen LogP contribution in [0.3, 0.4) is 0 Å². The fraction of sp³-hybridized carbons (Fsp3) is 0.263. The van der Waals surface area contributed by atoms with Crippen molar-refractivity contribution in [3.8, 4) is 0 Å². The Morgan fingerprint density at radius 3 is 2.33 bits per heavy atom. The average molecular weight is 328 g/mol. The van der Waals surface area contributed by atoms with Crippen molar-refractivity contribution in [2.75, 3.05) is 13.1 Å². The van der Waals surface area contributed by atoms with Gasteiger partial charge < -0.3 is 10.2 Å². The lowest BCUT2D eigenvalue weighted by atomic mass is 10.1. The van der Waals surface area contributed by atoms with Gasteiger partial charge in [-0.1, -0.05) is 42.5 Å². The number of nitrogens with zero attached hydrogens (tertiary/aromatic N) is 1. The maximum Gasteiger partial charge on any atom is 0.254 e. The summed E-state index contributed by atoms with van der Waals surface area (Å²) in [5.41, 5.74) is 1.02. The molecule has 0 saturated heterocycles. The van der Waals surface area contributed by atoms with E-state index >= 15 is 0 Å². The van der Waals surface area contributed by atoms with Crippen LogP contribution in [0.5, 0.6) is 0 Å². The van der Waals surface area contributed by atoms with Gasteiger partial charge in [0, 0.05) is 20.0 Å². The standard InChI is InChI=1S/C19H21FN2O2/c1-14(16-8-4-3-5-9-16)22(15(2)23)13-12-21-19(24)17-10-6-7-11-18(17)20/h3-11,14H,12-13H2,1-2H3,(H,21,24). The largest absolute Gasteiger partial charge is 0.350 e. The van der Waals surface area contributed by atoms with Crippen LogP contribution in [0.2, 0.25) is 0 Å². The molecule has 0 aromatic heterocycles. The zero-order valence-corrected chi connectivity index (χ0v) is 13.8. The molecule has 24 heavy (non-hydrogen) atoms. The first kappa shape index (κ1) is 17.7. The van der Waals surface area contributed by atoms with E-state index in [1.807, 2.05) is 37.3 Å². The van der Waals surface area contributed by atoms with Crippen LogP contribution < -0.4 is 5.32 Å². The fourth-order valence-corrected chi connectivity index (χ4v) is 2.57. The Morgan fingerprint density at radius 2 is 1.71 bits per heavy atom. The van der Waals surface area contributed by atoms with Crippen LogP contribution in [0.1, 0.15) is 35.8 Å². The summed E-state index contributed by atoms with van der Waals surface area (Å²) < 4.78 is 13.6. The maximum absolute atomic E-state index is 13.6. The van der Waals surface area contributed by atoms with E-state index in [0.29, 0.717) is 6.54 Å². The molecule has 0 heterocycles. The third-order valence-electron chi connectivity index (χ3n) is 3.91. The smallest absolute Gasteiger partial charge is 0.254 e. The molecule has 1 atom stereocenters. The average Bonchev–Trinajstić information content (AvgIpc) is 2.59. The Hall–Kier alpha value is -2.69. The van der Waals surface area contributed by atoms with E-state index < -0.39 is 11.7 Å². The molecule has 1 unspecified atom stereocenters. The minimum Gasteiger partial charge on any atom is -0.350 e. The summed E-state index contributed by atoms with van der Waals surface area (Å²) in [6, 6.07) is 15.4. The number of benzene rings is 2. The van der Waals surface area contributed by atoms with E-state index in [4.69, 9.17) is 0 Å². The molecule has 0 aliphatic rings. The van der Waals surface area contributed by atoms with E-state index in [1.54, 1.807) is 11.0 Å². The number of hydrogen-bond acceptors (Lipinski definition) is 2. The molecule has 1 N–H and O–H groups in total. The number of halogens is 1. The summed E-state index contributed by atoms with van der Waals surface area (Å²) in [4.78, 5) is 25.6. The summed E-state index contributed by atoms with van der Waals surface area (Å²) in [5.74, 6) is -1.12. The van der Waals surface area contributed by atoms with Crippen LogP contribution in [0.25, 0.3) is 0 Å². The predicted octanol–water partition coefficient (Wildman–Crippen LogP) is 3.17. The molecule has 2 amide bonds. The molecule has 0 spiro atoms. The van der Waals surface area contributed by atoms with E-state index in [-0.39, 0.29) is 24.1 Å². The molecule has 4 nitrogen and oxygen atoms in total. The Kier molecular flexibility index (Phi) is 6.07. The lowest BCUT2D eigenvalue weighted by Gasteiger charge is -2.28. The zero-order chi connectivity index (χ0) is 17.5. The van der Waals surface area contributed by atoms with Crippen molar-refractivity contribution >= 4 is 11.8 Å². The van der Waals surface area contributed by atoms with Gasteiger partial charge in [0.2, 0.25) is 5.91 Å². The summed E-state index contributed by atoms with van der Waals surface area (Å²) in [6.07, 6.45) is 0. The van der Waals surface area contributed by atoms with Crippen molar-refractivity contribution in [2.45, 2.75) is 19.9 Å². The van der Waals surface area contributed by atoms with Crippen molar-refractivity contribution < 1.29 is 14.0 Å². The van der Waals surface area contributed by atoms with Gasteiger partial charge in [-0.05, 0) is 24.6 Å². The van der Waals surface area contributed by atoms with Gasteiger partial charge in [-0.3, -0.25) is 9.59 Å². The highest BCUT2D eigenvalue weighted by Crippen LogP contribution is 2.19. The van der Waals surface area contributed by atoms with Gasteiger partial charge in [0.05, 0.1) is 11.6 Å². The van der Waals surface area contributed by atoms with Crippen molar-refractivity contribution in [2.24, 2.45) is 0 Å². The number of hydrogen-bond donors (Lipinski definition) is 1. The molecule has 126 valence electrons. The summed E-state index contributed by atoms with van der Waals surface area (Å²) in [7, 11) is 0. The lowest BCUT2D eigenvalue weighted by Crippen LogP contribution is -2.39. The Bertz CT molecular complexity index is 704. The van der Waals surface area contributed by atoms with Crippen LogP contribution >= 0.6 is 0 Å². The maximum atomic E-state index is 13.6. The van der Waals surface area contributed by atoms with Crippen LogP contribution in [0.4, 0.5) is 4.39 Å². The van der Waals surface area contributed by atoms with E-state index in [0.717, 1.165) is 5.56 Å². The number of carbonyl (C=O) groups is 2. The zero-order valence-electron chi connectivity index (χ0n) is 13.8. The topological polar surface area (TPSA) is 49.4 Å². The first-order valence-corrected chi connectivity index (χ1v) is 7.85. The number of amides is 2. The number of carbonyl (C=O) groups excluding carboxylic acids is 2. The van der Waals surface area contributed by atoms with Crippen molar-refractivity contribution in [1.82, 2.24) is 10.2 Å². The fourth-order valence-electron chi connectivity index (χ4n) is 2.57. The molecule has 0 saturated carbocycles. The van der Waals surface area contributed by atoms with Crippen LogP contribution in [-0.2, 0) is 4.79 Å². The Balaban J connectivity index is 1.96. The molecule has 2 aromatic rings. The van der Waals surface area contributed by atoms with Gasteiger partial charge in [-0.2, -0.15) is 0 Å². The number of rotatable bonds is 6. The lowest BCUT2D eigenvalue weighted by molar-refractivity contribution is -0.130. The van der Waals surface area contributed by atoms with Crippen LogP contribution in [-0.4, -0.2) is 29.8 Å². The predicted molar refractivity (Wildman–Crippen MR) is 91.0 cm³/mol. The van der Waals surface area contributed by atoms with Gasteiger partial charge in [-0.25, -0.2) is 4.39 Å². The van der Waals surface area contributed by atoms with Gasteiger partial charge >= 0.3 is 0 Å². The van der Waals surface area contributed by atoms with Crippen LogP contribution in [0.15, 0.2) is 54.6 Å². The highest BCUT2D eigenvalue weighted by molar-refractivity contribution is 5.94. The highest BCUT2D eigenvalue weighted by atomic mass is 19.1. The minimum absolute atomic E-state index is 0.00276. The molecule has 0 bridgehead atoms. The third-order valence-corrected chi connectivity index (χ3v) is 3.91. The first-order valence-electron chi connectivity index (χ1n) is 7.85. The first-order chi connectivity index (χ1) is 11.5. The molecule has 0 aliphatic heterocycles. The molecule has 5 heteroatoms. The van der Waals surface area contributed by atoms with Crippen molar-refractivity contribution in [3.63, 3.8) is 0 Å². The van der Waals surface area contributed by atoms with Gasteiger partial charge in [0.15, 0.2) is 0 Å². The summed E-state index contributed by atoms with van der Waals surface area (Å²) in [5, 5.41) is 2.66. The number of nitrogens with one attached hydrogen (secondary N) is 1. The van der Waals surface area contributed by atoms with Gasteiger partial charge in [0.25, 0.3) is 5.91 Å². The monoisotopic (exact) mass is 328 g/mol. The minimum atomic E-state index is -0.559. The second kappa shape index (κ2) is 8.24. The molecule has 0 radical (unpaired) electrons. The van der Waals surface area contributed by atoms with Crippen molar-refractivity contribution in [3.05, 3.63) is 71.5 Å². The Morgan fingerprint density at radius 1 is 1.08 bits per heavy atom. The highest BCUT2D eigenvalue weighted by Gasteiger charge is 2.18. The Labute approximate surface area is 141 Å². The second-order valence-corrected chi connectivity index (χ2v) is 5.53. The van der Waals surface area contributed by atoms with E-state index in [9.17, 15) is 14.0 Å². The molecule has 2 rings (SSSR count). The van der Waals surface area contributed by atoms with E-state index in [2.05, 4.69) is 5.32 Å².